The van der Waals surface area contributed by atoms with Gasteiger partial charge in [-0.2, -0.15) is 4.98 Å². The lowest BCUT2D eigenvalue weighted by Gasteiger charge is -2.09. The fourth-order valence-electron chi connectivity index (χ4n) is 2.12. The largest absolute Gasteiger partial charge is 0.495 e. The third-order valence-electron chi connectivity index (χ3n) is 3.04. The Morgan fingerprint density at radius 1 is 1.10 bits per heavy atom. The third kappa shape index (κ3) is 1.94. The average molecular weight is 287 g/mol. The lowest BCUT2D eigenvalue weighted by molar-refractivity contribution is 0.399. The molecule has 1 aromatic carbocycles. The van der Waals surface area contributed by atoms with Crippen LogP contribution in [0, 0.1) is 4.77 Å². The van der Waals surface area contributed by atoms with Crippen LogP contribution < -0.4 is 9.47 Å². The highest BCUT2D eigenvalue weighted by Gasteiger charge is 2.12. The molecule has 2 aromatic heterocycles. The number of methoxy groups -OCH3 is 2. The van der Waals surface area contributed by atoms with Crippen LogP contribution in [0.2, 0.25) is 0 Å². The minimum atomic E-state index is 0.537. The second kappa shape index (κ2) is 4.97. The van der Waals surface area contributed by atoms with Crippen LogP contribution in [0.15, 0.2) is 36.4 Å². The predicted molar refractivity (Wildman–Crippen MR) is 79.4 cm³/mol. The van der Waals surface area contributed by atoms with E-state index in [2.05, 4.69) is 9.97 Å². The predicted octanol–water partition coefficient (Wildman–Crippen LogP) is 3.10. The van der Waals surface area contributed by atoms with E-state index in [1.54, 1.807) is 20.3 Å². The van der Waals surface area contributed by atoms with Gasteiger partial charge in [0.2, 0.25) is 5.88 Å². The Hall–Kier alpha value is -2.34. The van der Waals surface area contributed by atoms with Crippen molar-refractivity contribution < 1.29 is 9.47 Å². The summed E-state index contributed by atoms with van der Waals surface area (Å²) in [7, 11) is 3.22. The van der Waals surface area contributed by atoms with E-state index in [0.29, 0.717) is 16.3 Å². The zero-order valence-electron chi connectivity index (χ0n) is 11.1. The van der Waals surface area contributed by atoms with E-state index < -0.39 is 0 Å². The van der Waals surface area contributed by atoms with Gasteiger partial charge in [-0.15, -0.1) is 0 Å². The Labute approximate surface area is 120 Å². The molecule has 6 heteroatoms. The maximum absolute atomic E-state index is 5.39. The Morgan fingerprint density at radius 2 is 1.90 bits per heavy atom. The van der Waals surface area contributed by atoms with Crippen molar-refractivity contribution in [2.24, 2.45) is 0 Å². The first-order chi connectivity index (χ1) is 9.74. The van der Waals surface area contributed by atoms with E-state index in [9.17, 15) is 0 Å². The number of H-pyrrole nitrogens is 1. The van der Waals surface area contributed by atoms with Gasteiger partial charge < -0.3 is 14.5 Å². The maximum Gasteiger partial charge on any atom is 0.215 e. The van der Waals surface area contributed by atoms with Crippen molar-refractivity contribution in [2.45, 2.75) is 0 Å². The first-order valence-electron chi connectivity index (χ1n) is 6.03. The van der Waals surface area contributed by atoms with Gasteiger partial charge in [0.1, 0.15) is 5.75 Å². The molecule has 0 fully saturated rings. The van der Waals surface area contributed by atoms with Gasteiger partial charge in [-0.1, -0.05) is 12.1 Å². The summed E-state index contributed by atoms with van der Waals surface area (Å²) < 4.78 is 13.0. The Kier molecular flexibility index (Phi) is 3.15. The number of benzene rings is 1. The number of aromatic nitrogens is 3. The van der Waals surface area contributed by atoms with Gasteiger partial charge in [-0.05, 0) is 30.4 Å². The zero-order valence-corrected chi connectivity index (χ0v) is 11.9. The topological polar surface area (TPSA) is 52.1 Å². The average Bonchev–Trinajstić information content (AvgIpc) is 2.81. The summed E-state index contributed by atoms with van der Waals surface area (Å²) in [4.78, 5) is 7.59. The smallest absolute Gasteiger partial charge is 0.215 e. The number of rotatable bonds is 3. The van der Waals surface area contributed by atoms with Crippen molar-refractivity contribution in [1.82, 2.24) is 14.5 Å². The fraction of sp³-hybridized carbons (Fsp3) is 0.143. The molecule has 3 aromatic rings. The lowest BCUT2D eigenvalue weighted by Crippen LogP contribution is -1.99. The monoisotopic (exact) mass is 287 g/mol. The van der Waals surface area contributed by atoms with Gasteiger partial charge >= 0.3 is 0 Å². The number of ether oxygens (including phenoxy) is 2. The molecule has 0 aliphatic carbocycles. The molecule has 0 saturated heterocycles. The van der Waals surface area contributed by atoms with Gasteiger partial charge in [-0.3, -0.25) is 4.57 Å². The van der Waals surface area contributed by atoms with Crippen LogP contribution in [0.25, 0.3) is 16.9 Å². The normalized spacial score (nSPS) is 10.7. The van der Waals surface area contributed by atoms with Gasteiger partial charge in [0, 0.05) is 6.07 Å². The molecule has 0 radical (unpaired) electrons. The molecule has 0 saturated carbocycles. The van der Waals surface area contributed by atoms with E-state index in [1.165, 1.54) is 0 Å². The van der Waals surface area contributed by atoms with Crippen LogP contribution in [0.4, 0.5) is 0 Å². The molecule has 0 amide bonds. The van der Waals surface area contributed by atoms with Crippen molar-refractivity contribution in [1.29, 1.82) is 0 Å². The van der Waals surface area contributed by atoms with Crippen LogP contribution >= 0.6 is 12.2 Å². The van der Waals surface area contributed by atoms with Gasteiger partial charge in [0.15, 0.2) is 10.4 Å². The molecule has 3 rings (SSSR count). The van der Waals surface area contributed by atoms with E-state index in [1.807, 2.05) is 34.9 Å². The van der Waals surface area contributed by atoms with Gasteiger partial charge in [-0.25, -0.2) is 0 Å². The molecule has 2 heterocycles. The first kappa shape index (κ1) is 12.7. The summed E-state index contributed by atoms with van der Waals surface area (Å²) in [6, 6.07) is 11.3. The molecule has 1 N–H and O–H groups in total. The van der Waals surface area contributed by atoms with Crippen LogP contribution in [0.5, 0.6) is 11.6 Å². The number of para-hydroxylation sites is 2. The summed E-state index contributed by atoms with van der Waals surface area (Å²) in [5.41, 5.74) is 2.40. The van der Waals surface area contributed by atoms with Crippen molar-refractivity contribution in [3.8, 4) is 17.3 Å². The number of nitrogens with one attached hydrogen (secondary N) is 1. The molecular formula is C14H13N3O2S. The molecular weight excluding hydrogens is 274 g/mol. The van der Waals surface area contributed by atoms with Crippen molar-refractivity contribution in [3.63, 3.8) is 0 Å². The van der Waals surface area contributed by atoms with Gasteiger partial charge in [0.25, 0.3) is 0 Å². The number of hydrogen-bond acceptors (Lipinski definition) is 4. The van der Waals surface area contributed by atoms with E-state index >= 15 is 0 Å². The molecule has 5 nitrogen and oxygen atoms in total. The molecule has 0 aliphatic heterocycles. The molecule has 102 valence electrons. The van der Waals surface area contributed by atoms with Crippen LogP contribution in [0.3, 0.4) is 0 Å². The number of fused-ring (bicyclic) bond motifs is 1. The van der Waals surface area contributed by atoms with Crippen LogP contribution in [0.1, 0.15) is 0 Å². The Balaban J connectivity index is 2.35. The minimum absolute atomic E-state index is 0.537. The van der Waals surface area contributed by atoms with Gasteiger partial charge in [0.05, 0.1) is 25.4 Å². The quantitative estimate of drug-likeness (QED) is 0.752. The van der Waals surface area contributed by atoms with Crippen molar-refractivity contribution >= 4 is 23.4 Å². The third-order valence-corrected chi connectivity index (χ3v) is 3.33. The number of pyridine rings is 1. The second-order valence-electron chi connectivity index (χ2n) is 4.16. The number of imidazole rings is 1. The van der Waals surface area contributed by atoms with E-state index in [4.69, 9.17) is 21.7 Å². The SMILES string of the molecule is COc1ccc2[nH]c(=S)n(-c3ccccc3OC)c2n1. The van der Waals surface area contributed by atoms with E-state index in [-0.39, 0.29) is 0 Å². The summed E-state index contributed by atoms with van der Waals surface area (Å²) in [5.74, 6) is 1.27. The molecule has 0 bridgehead atoms. The van der Waals surface area contributed by atoms with Crippen molar-refractivity contribution in [2.75, 3.05) is 14.2 Å². The van der Waals surface area contributed by atoms with Crippen LogP contribution in [-0.4, -0.2) is 28.8 Å². The number of aromatic amines is 1. The summed E-state index contributed by atoms with van der Waals surface area (Å²) >= 11 is 5.39. The highest BCUT2D eigenvalue weighted by Crippen LogP contribution is 2.27. The highest BCUT2D eigenvalue weighted by atomic mass is 32.1. The highest BCUT2D eigenvalue weighted by molar-refractivity contribution is 7.71. The van der Waals surface area contributed by atoms with Crippen molar-refractivity contribution in [3.05, 3.63) is 41.2 Å². The minimum Gasteiger partial charge on any atom is -0.495 e. The Bertz CT molecular complexity index is 823. The Morgan fingerprint density at radius 3 is 2.65 bits per heavy atom. The van der Waals surface area contributed by atoms with E-state index in [0.717, 1.165) is 17.0 Å². The number of hydrogen-bond donors (Lipinski definition) is 1. The standard InChI is InChI=1S/C14H13N3O2S/c1-18-11-6-4-3-5-10(11)17-13-9(15-14(17)20)7-8-12(16-13)19-2/h3-8H,1-2H3,(H,15,20). The van der Waals surface area contributed by atoms with Crippen LogP contribution in [-0.2, 0) is 0 Å². The summed E-state index contributed by atoms with van der Waals surface area (Å²) in [6.45, 7) is 0. The fourth-order valence-corrected chi connectivity index (χ4v) is 2.41. The first-order valence-corrected chi connectivity index (χ1v) is 6.44. The molecule has 0 atom stereocenters. The molecule has 0 aliphatic rings. The summed E-state index contributed by atoms with van der Waals surface area (Å²) in [5, 5.41) is 0. The zero-order chi connectivity index (χ0) is 14.1. The maximum atomic E-state index is 5.39. The molecule has 0 spiro atoms. The lowest BCUT2D eigenvalue weighted by atomic mass is 10.3. The summed E-state index contributed by atoms with van der Waals surface area (Å²) in [6.07, 6.45) is 0. The number of nitrogens with zero attached hydrogens (tertiary/aromatic N) is 2. The molecule has 20 heavy (non-hydrogen) atoms. The molecule has 0 unspecified atom stereocenters. The second-order valence-corrected chi connectivity index (χ2v) is 4.55.